The zero-order valence-corrected chi connectivity index (χ0v) is 13.0. The van der Waals surface area contributed by atoms with Gasteiger partial charge in [0.15, 0.2) is 11.5 Å². The quantitative estimate of drug-likeness (QED) is 0.923. The highest BCUT2D eigenvalue weighted by Gasteiger charge is 2.29. The number of methoxy groups -OCH3 is 2. The summed E-state index contributed by atoms with van der Waals surface area (Å²) in [5.41, 5.74) is 1.60. The first kappa shape index (κ1) is 14.1. The monoisotopic (exact) mass is 311 g/mol. The summed E-state index contributed by atoms with van der Waals surface area (Å²) in [7, 11) is 3.23. The molecule has 2 aliphatic rings. The van der Waals surface area contributed by atoms with Crippen LogP contribution in [-0.2, 0) is 4.74 Å². The molecule has 4 rings (SSSR count). The Morgan fingerprint density at radius 1 is 1.17 bits per heavy atom. The molecule has 1 aromatic carbocycles. The fourth-order valence-electron chi connectivity index (χ4n) is 3.16. The van der Waals surface area contributed by atoms with Crippen LogP contribution >= 0.6 is 0 Å². The van der Waals surface area contributed by atoms with E-state index in [0.717, 1.165) is 22.0 Å². The van der Waals surface area contributed by atoms with Gasteiger partial charge < -0.3 is 19.3 Å². The molecule has 0 aliphatic carbocycles. The summed E-state index contributed by atoms with van der Waals surface area (Å²) < 4.78 is 17.1. The second kappa shape index (κ2) is 5.28. The molecule has 0 saturated heterocycles. The van der Waals surface area contributed by atoms with E-state index in [1.54, 1.807) is 20.4 Å². The summed E-state index contributed by atoms with van der Waals surface area (Å²) in [6, 6.07) is 3.90. The number of aliphatic hydroxyl groups is 1. The van der Waals surface area contributed by atoms with Crippen molar-refractivity contribution in [2.24, 2.45) is 0 Å². The molecule has 1 aromatic heterocycles. The third kappa shape index (κ3) is 2.08. The predicted octanol–water partition coefficient (Wildman–Crippen LogP) is 3.12. The first-order valence-corrected chi connectivity index (χ1v) is 7.53. The van der Waals surface area contributed by atoms with Gasteiger partial charge in [-0.15, -0.1) is 0 Å². The van der Waals surface area contributed by atoms with E-state index in [-0.39, 0.29) is 0 Å². The van der Waals surface area contributed by atoms with Crippen LogP contribution in [-0.4, -0.2) is 30.4 Å². The maximum atomic E-state index is 10.0. The molecule has 0 fully saturated rings. The summed E-state index contributed by atoms with van der Waals surface area (Å²) in [5.74, 6) is 2.62. The lowest BCUT2D eigenvalue weighted by molar-refractivity contribution is 0.179. The molecule has 2 aromatic rings. The Kier molecular flexibility index (Phi) is 3.23. The highest BCUT2D eigenvalue weighted by atomic mass is 16.5. The average molecular weight is 311 g/mol. The highest BCUT2D eigenvalue weighted by molar-refractivity contribution is 6.05. The van der Waals surface area contributed by atoms with Gasteiger partial charge in [0.05, 0.1) is 25.9 Å². The van der Waals surface area contributed by atoms with Crippen molar-refractivity contribution < 1.29 is 19.3 Å². The molecule has 5 heteroatoms. The summed E-state index contributed by atoms with van der Waals surface area (Å²) >= 11 is 0. The van der Waals surface area contributed by atoms with Gasteiger partial charge in [0.2, 0.25) is 0 Å². The van der Waals surface area contributed by atoms with Crippen LogP contribution in [0.1, 0.15) is 24.1 Å². The fraction of sp³-hybridized carbons (Fsp3) is 0.278. The second-order valence-corrected chi connectivity index (χ2v) is 5.61. The van der Waals surface area contributed by atoms with Crippen molar-refractivity contribution >= 4 is 22.3 Å². The highest BCUT2D eigenvalue weighted by Crippen LogP contribution is 2.48. The Labute approximate surface area is 133 Å². The van der Waals surface area contributed by atoms with Crippen molar-refractivity contribution in [1.29, 1.82) is 0 Å². The van der Waals surface area contributed by atoms with Gasteiger partial charge in [-0.05, 0) is 42.5 Å². The number of ether oxygens (including phenoxy) is 3. The molecule has 0 radical (unpaired) electrons. The number of pyridine rings is 1. The van der Waals surface area contributed by atoms with Crippen molar-refractivity contribution in [3.05, 3.63) is 41.7 Å². The first-order valence-electron chi connectivity index (χ1n) is 7.53. The van der Waals surface area contributed by atoms with Gasteiger partial charge in [-0.3, -0.25) is 4.98 Å². The van der Waals surface area contributed by atoms with Gasteiger partial charge in [-0.1, -0.05) is 0 Å². The molecule has 5 nitrogen and oxygen atoms in total. The molecule has 2 aliphatic heterocycles. The third-order valence-corrected chi connectivity index (χ3v) is 4.25. The smallest absolute Gasteiger partial charge is 0.172 e. The number of aromatic nitrogens is 1. The Morgan fingerprint density at radius 2 is 1.96 bits per heavy atom. The first-order chi connectivity index (χ1) is 11.2. The minimum absolute atomic E-state index is 0.429. The van der Waals surface area contributed by atoms with Crippen LogP contribution in [0.2, 0.25) is 0 Å². The van der Waals surface area contributed by atoms with Gasteiger partial charge in [0, 0.05) is 11.6 Å². The van der Waals surface area contributed by atoms with Crippen LogP contribution in [0.25, 0.3) is 22.3 Å². The van der Waals surface area contributed by atoms with Crippen molar-refractivity contribution in [3.8, 4) is 11.5 Å². The van der Waals surface area contributed by atoms with Crippen LogP contribution < -0.4 is 9.47 Å². The third-order valence-electron chi connectivity index (χ3n) is 4.25. The number of benzene rings is 1. The molecule has 118 valence electrons. The maximum Gasteiger partial charge on any atom is 0.172 e. The Balaban J connectivity index is 2.14. The Bertz CT molecular complexity index is 854. The summed E-state index contributed by atoms with van der Waals surface area (Å²) in [6.07, 6.45) is 6.20. The predicted molar refractivity (Wildman–Crippen MR) is 87.1 cm³/mol. The summed E-state index contributed by atoms with van der Waals surface area (Å²) in [6.45, 7) is 0. The largest absolute Gasteiger partial charge is 0.493 e. The lowest BCUT2D eigenvalue weighted by atomic mass is 9.94. The van der Waals surface area contributed by atoms with Crippen LogP contribution in [0.4, 0.5) is 0 Å². The van der Waals surface area contributed by atoms with Gasteiger partial charge in [-0.2, -0.15) is 0 Å². The molecule has 0 amide bonds. The normalized spacial score (nSPS) is 21.4. The number of rotatable bonds is 2. The number of hydrogen-bond donors (Lipinski definition) is 1. The van der Waals surface area contributed by atoms with Gasteiger partial charge in [0.1, 0.15) is 17.2 Å². The van der Waals surface area contributed by atoms with Gasteiger partial charge in [0.25, 0.3) is 0 Å². The lowest BCUT2D eigenvalue weighted by Crippen LogP contribution is -2.12. The van der Waals surface area contributed by atoms with E-state index in [2.05, 4.69) is 4.98 Å². The fourth-order valence-corrected chi connectivity index (χ4v) is 3.16. The SMILES string of the molecule is COc1cc2ccnc3c2c(c1OC)/C1=C/C[C@H](O)CC=C3O1. The minimum Gasteiger partial charge on any atom is -0.493 e. The van der Waals surface area contributed by atoms with Crippen molar-refractivity contribution in [2.75, 3.05) is 14.2 Å². The molecule has 2 bridgehead atoms. The van der Waals surface area contributed by atoms with E-state index in [1.165, 1.54) is 0 Å². The average Bonchev–Trinajstić information content (AvgIpc) is 2.57. The molecular weight excluding hydrogens is 294 g/mol. The number of nitrogens with zero attached hydrogens (tertiary/aromatic N) is 1. The number of hydrogen-bond acceptors (Lipinski definition) is 5. The van der Waals surface area contributed by atoms with Crippen LogP contribution in [0, 0.1) is 0 Å². The molecule has 0 unspecified atom stereocenters. The van der Waals surface area contributed by atoms with E-state index in [1.807, 2.05) is 24.3 Å². The molecule has 3 heterocycles. The Morgan fingerprint density at radius 3 is 2.70 bits per heavy atom. The molecule has 0 saturated carbocycles. The Hall–Kier alpha value is -2.53. The van der Waals surface area contributed by atoms with Crippen molar-refractivity contribution in [3.63, 3.8) is 0 Å². The number of fused-ring (bicyclic) bond motifs is 4. The molecular formula is C18H17NO4. The zero-order valence-electron chi connectivity index (χ0n) is 13.0. The van der Waals surface area contributed by atoms with Gasteiger partial charge >= 0.3 is 0 Å². The van der Waals surface area contributed by atoms with E-state index < -0.39 is 6.10 Å². The summed E-state index contributed by atoms with van der Waals surface area (Å²) in [4.78, 5) is 4.49. The van der Waals surface area contributed by atoms with Crippen LogP contribution in [0.5, 0.6) is 11.5 Å². The number of aliphatic hydroxyl groups excluding tert-OH is 1. The van der Waals surface area contributed by atoms with Gasteiger partial charge in [-0.25, -0.2) is 0 Å². The van der Waals surface area contributed by atoms with E-state index in [9.17, 15) is 5.11 Å². The minimum atomic E-state index is -0.429. The molecule has 0 spiro atoms. The summed E-state index contributed by atoms with van der Waals surface area (Å²) in [5, 5.41) is 12.0. The van der Waals surface area contributed by atoms with Crippen LogP contribution in [0.15, 0.2) is 30.5 Å². The molecule has 23 heavy (non-hydrogen) atoms. The van der Waals surface area contributed by atoms with Crippen molar-refractivity contribution in [1.82, 2.24) is 4.98 Å². The molecule has 1 atom stereocenters. The molecule has 1 N–H and O–H groups in total. The second-order valence-electron chi connectivity index (χ2n) is 5.61. The maximum absolute atomic E-state index is 10.0. The topological polar surface area (TPSA) is 60.8 Å². The van der Waals surface area contributed by atoms with E-state index in [0.29, 0.717) is 35.9 Å². The van der Waals surface area contributed by atoms with E-state index in [4.69, 9.17) is 14.2 Å². The standard InChI is InChI=1S/C18H17NO4/c1-21-14-9-10-7-8-19-17-13-6-4-11(20)3-5-12(23-13)16(15(10)17)18(14)22-2/h5-9,11,20H,3-4H2,1-2H3/b12-5-,13-6?/t11-/m0/s1. The lowest BCUT2D eigenvalue weighted by Gasteiger charge is -2.27. The van der Waals surface area contributed by atoms with Crippen LogP contribution in [0.3, 0.4) is 0 Å². The zero-order chi connectivity index (χ0) is 16.0. The van der Waals surface area contributed by atoms with Crippen molar-refractivity contribution in [2.45, 2.75) is 18.9 Å². The van der Waals surface area contributed by atoms with E-state index >= 15 is 0 Å².